The molecule has 0 aliphatic carbocycles. The summed E-state index contributed by atoms with van der Waals surface area (Å²) in [5, 5.41) is 3.10. The maximum Gasteiger partial charge on any atom is 0.265 e. The number of hydrogen-bond donors (Lipinski definition) is 1. The number of halogens is 2. The Hall–Kier alpha value is -2.27. The molecule has 0 aliphatic rings. The molecule has 0 aliphatic heterocycles. The molecule has 0 bridgehead atoms. The van der Waals surface area contributed by atoms with E-state index in [1.807, 2.05) is 0 Å². The summed E-state index contributed by atoms with van der Waals surface area (Å²) in [6, 6.07) is 10.7. The average molecular weight is 324 g/mol. The van der Waals surface area contributed by atoms with E-state index < -0.39 is 17.8 Å². The number of anilines is 1. The molecule has 2 aromatic rings. The number of nitrogens with one attached hydrogen (secondary N) is 1. The lowest BCUT2D eigenvalue weighted by Gasteiger charge is -2.16. The summed E-state index contributed by atoms with van der Waals surface area (Å²) in [7, 11) is 1.48. The summed E-state index contributed by atoms with van der Waals surface area (Å²) < 4.78 is 24.0. The monoisotopic (exact) mass is 323 g/mol. The van der Waals surface area contributed by atoms with Gasteiger partial charge < -0.3 is 14.8 Å². The highest BCUT2D eigenvalue weighted by molar-refractivity contribution is 6.31. The molecule has 0 radical (unpaired) electrons. The molecular formula is C16H15ClFNO3. The highest BCUT2D eigenvalue weighted by atomic mass is 35.5. The number of hydrogen-bond acceptors (Lipinski definition) is 3. The molecule has 0 aromatic heterocycles. The predicted molar refractivity (Wildman–Crippen MR) is 83.1 cm³/mol. The van der Waals surface area contributed by atoms with Gasteiger partial charge in [-0.05, 0) is 37.3 Å². The van der Waals surface area contributed by atoms with Gasteiger partial charge in [-0.15, -0.1) is 0 Å². The molecule has 0 unspecified atom stereocenters. The van der Waals surface area contributed by atoms with Crippen molar-refractivity contribution in [3.63, 3.8) is 0 Å². The van der Waals surface area contributed by atoms with E-state index in [1.54, 1.807) is 30.3 Å². The minimum atomic E-state index is -0.888. The van der Waals surface area contributed by atoms with Crippen molar-refractivity contribution >= 4 is 23.2 Å². The van der Waals surface area contributed by atoms with Gasteiger partial charge in [0.25, 0.3) is 5.91 Å². The van der Waals surface area contributed by atoms with Crippen LogP contribution in [0.2, 0.25) is 5.02 Å². The van der Waals surface area contributed by atoms with Crippen LogP contribution in [-0.4, -0.2) is 19.1 Å². The zero-order chi connectivity index (χ0) is 16.1. The zero-order valence-electron chi connectivity index (χ0n) is 12.1. The summed E-state index contributed by atoms with van der Waals surface area (Å²) in [6.45, 7) is 1.53. The van der Waals surface area contributed by atoms with E-state index in [0.29, 0.717) is 16.5 Å². The van der Waals surface area contributed by atoms with Crippen LogP contribution in [0.3, 0.4) is 0 Å². The maximum absolute atomic E-state index is 13.5. The number of benzene rings is 2. The predicted octanol–water partition coefficient (Wildman–Crippen LogP) is 3.89. The van der Waals surface area contributed by atoms with Gasteiger partial charge in [0.1, 0.15) is 5.75 Å². The molecule has 1 amide bonds. The Labute approximate surface area is 132 Å². The molecule has 6 heteroatoms. The molecule has 0 saturated carbocycles. The third-order valence-corrected chi connectivity index (χ3v) is 3.16. The average Bonchev–Trinajstić information content (AvgIpc) is 2.49. The number of carbonyl (C=O) groups is 1. The first-order valence-electron chi connectivity index (χ1n) is 6.57. The second kappa shape index (κ2) is 7.13. The minimum Gasteiger partial charge on any atom is -0.495 e. The fourth-order valence-corrected chi connectivity index (χ4v) is 1.97. The molecule has 0 heterocycles. The Morgan fingerprint density at radius 2 is 1.95 bits per heavy atom. The van der Waals surface area contributed by atoms with E-state index in [4.69, 9.17) is 21.1 Å². The summed E-state index contributed by atoms with van der Waals surface area (Å²) in [5.74, 6) is -0.481. The van der Waals surface area contributed by atoms with Gasteiger partial charge in [-0.3, -0.25) is 4.79 Å². The lowest BCUT2D eigenvalue weighted by molar-refractivity contribution is -0.122. The Balaban J connectivity index is 2.09. The molecule has 0 spiro atoms. The Morgan fingerprint density at radius 3 is 2.64 bits per heavy atom. The number of rotatable bonds is 5. The second-order valence-corrected chi connectivity index (χ2v) is 4.96. The normalized spacial score (nSPS) is 11.6. The zero-order valence-corrected chi connectivity index (χ0v) is 12.9. The van der Waals surface area contributed by atoms with Crippen LogP contribution in [0.1, 0.15) is 6.92 Å². The summed E-state index contributed by atoms with van der Waals surface area (Å²) in [4.78, 5) is 12.2. The van der Waals surface area contributed by atoms with Crippen LogP contribution in [0.15, 0.2) is 42.5 Å². The topological polar surface area (TPSA) is 47.6 Å². The van der Waals surface area contributed by atoms with Gasteiger partial charge in [-0.25, -0.2) is 4.39 Å². The van der Waals surface area contributed by atoms with Gasteiger partial charge in [0.15, 0.2) is 17.7 Å². The summed E-state index contributed by atoms with van der Waals surface area (Å²) >= 11 is 5.90. The molecule has 2 aromatic carbocycles. The number of amides is 1. The van der Waals surface area contributed by atoms with E-state index in [0.717, 1.165) is 0 Å². The number of para-hydroxylation sites is 1. The van der Waals surface area contributed by atoms with Gasteiger partial charge in [0.05, 0.1) is 12.8 Å². The molecule has 0 fully saturated rings. The number of methoxy groups -OCH3 is 1. The minimum absolute atomic E-state index is 0.0169. The van der Waals surface area contributed by atoms with E-state index in [9.17, 15) is 9.18 Å². The van der Waals surface area contributed by atoms with Crippen molar-refractivity contribution < 1.29 is 18.7 Å². The largest absolute Gasteiger partial charge is 0.495 e. The van der Waals surface area contributed by atoms with Crippen LogP contribution in [-0.2, 0) is 4.79 Å². The standard InChI is InChI=1S/C16H15ClFNO3/c1-10(22-14-6-4-3-5-12(14)18)16(20)19-13-9-11(17)7-8-15(13)21-2/h3-10H,1-2H3,(H,19,20)/t10-/m1/s1. The lowest BCUT2D eigenvalue weighted by atomic mass is 10.2. The van der Waals surface area contributed by atoms with E-state index in [1.165, 1.54) is 26.2 Å². The SMILES string of the molecule is COc1ccc(Cl)cc1NC(=O)[C@@H](C)Oc1ccccc1F. The Kier molecular flexibility index (Phi) is 5.22. The van der Waals surface area contributed by atoms with Crippen molar-refractivity contribution in [2.45, 2.75) is 13.0 Å². The van der Waals surface area contributed by atoms with Gasteiger partial charge in [0.2, 0.25) is 0 Å². The van der Waals surface area contributed by atoms with Gasteiger partial charge in [-0.1, -0.05) is 23.7 Å². The maximum atomic E-state index is 13.5. The molecule has 1 N–H and O–H groups in total. The van der Waals surface area contributed by atoms with Crippen LogP contribution in [0.5, 0.6) is 11.5 Å². The van der Waals surface area contributed by atoms with E-state index >= 15 is 0 Å². The molecule has 22 heavy (non-hydrogen) atoms. The smallest absolute Gasteiger partial charge is 0.265 e. The second-order valence-electron chi connectivity index (χ2n) is 4.52. The van der Waals surface area contributed by atoms with Crippen LogP contribution in [0.25, 0.3) is 0 Å². The highest BCUT2D eigenvalue weighted by Crippen LogP contribution is 2.28. The van der Waals surface area contributed by atoms with Crippen molar-refractivity contribution in [2.24, 2.45) is 0 Å². The van der Waals surface area contributed by atoms with Gasteiger partial charge >= 0.3 is 0 Å². The van der Waals surface area contributed by atoms with E-state index in [-0.39, 0.29) is 5.75 Å². The lowest BCUT2D eigenvalue weighted by Crippen LogP contribution is -2.30. The first-order valence-corrected chi connectivity index (χ1v) is 6.94. The summed E-state index contributed by atoms with van der Waals surface area (Å²) in [5.41, 5.74) is 0.420. The summed E-state index contributed by atoms with van der Waals surface area (Å²) in [6.07, 6.45) is -0.888. The van der Waals surface area contributed by atoms with E-state index in [2.05, 4.69) is 5.32 Å². The fraction of sp³-hybridized carbons (Fsp3) is 0.188. The first kappa shape index (κ1) is 16.1. The van der Waals surface area contributed by atoms with Crippen molar-refractivity contribution in [2.75, 3.05) is 12.4 Å². The first-order chi connectivity index (χ1) is 10.5. The van der Waals surface area contributed by atoms with Crippen LogP contribution >= 0.6 is 11.6 Å². The van der Waals surface area contributed by atoms with Gasteiger partial charge in [-0.2, -0.15) is 0 Å². The molecule has 116 valence electrons. The van der Waals surface area contributed by atoms with Crippen molar-refractivity contribution in [1.29, 1.82) is 0 Å². The Morgan fingerprint density at radius 1 is 1.23 bits per heavy atom. The third kappa shape index (κ3) is 3.89. The van der Waals surface area contributed by atoms with Gasteiger partial charge in [0, 0.05) is 5.02 Å². The molecule has 1 atom stereocenters. The molecule has 2 rings (SSSR count). The van der Waals surface area contributed by atoms with Crippen LogP contribution in [0, 0.1) is 5.82 Å². The van der Waals surface area contributed by atoms with Crippen molar-refractivity contribution in [3.05, 3.63) is 53.3 Å². The highest BCUT2D eigenvalue weighted by Gasteiger charge is 2.18. The fourth-order valence-electron chi connectivity index (χ4n) is 1.80. The van der Waals surface area contributed by atoms with Crippen LogP contribution in [0.4, 0.5) is 10.1 Å². The van der Waals surface area contributed by atoms with Crippen molar-refractivity contribution in [1.82, 2.24) is 0 Å². The number of carbonyl (C=O) groups excluding carboxylic acids is 1. The molecular weight excluding hydrogens is 309 g/mol. The molecule has 0 saturated heterocycles. The molecule has 4 nitrogen and oxygen atoms in total. The Bertz CT molecular complexity index is 678. The number of ether oxygens (including phenoxy) is 2. The quantitative estimate of drug-likeness (QED) is 0.908. The van der Waals surface area contributed by atoms with Crippen LogP contribution < -0.4 is 14.8 Å². The third-order valence-electron chi connectivity index (χ3n) is 2.93. The van der Waals surface area contributed by atoms with Crippen molar-refractivity contribution in [3.8, 4) is 11.5 Å².